The quantitative estimate of drug-likeness (QED) is 0.619. The second kappa shape index (κ2) is 7.74. The molecule has 0 aliphatic heterocycles. The largest absolute Gasteiger partial charge is 0.385 e. The smallest absolute Gasteiger partial charge is 0.226 e. The van der Waals surface area contributed by atoms with Crippen molar-refractivity contribution in [2.24, 2.45) is 7.05 Å². The molecule has 0 aliphatic rings. The number of hydrogen-bond acceptors (Lipinski definition) is 6. The molecule has 7 nitrogen and oxygen atoms in total. The normalized spacial score (nSPS) is 10.9. The third-order valence-electron chi connectivity index (χ3n) is 3.70. The molecule has 2 heterocycles. The Kier molecular flexibility index (Phi) is 5.22. The van der Waals surface area contributed by atoms with Crippen molar-refractivity contribution in [3.05, 3.63) is 42.1 Å². The van der Waals surface area contributed by atoms with E-state index in [4.69, 9.17) is 4.74 Å². The van der Waals surface area contributed by atoms with Crippen LogP contribution in [0.3, 0.4) is 0 Å². The minimum atomic E-state index is 0.595. The van der Waals surface area contributed by atoms with E-state index in [2.05, 4.69) is 37.8 Å². The first-order chi connectivity index (χ1) is 11.8. The summed E-state index contributed by atoms with van der Waals surface area (Å²) < 4.78 is 6.82. The molecule has 0 spiro atoms. The summed E-state index contributed by atoms with van der Waals surface area (Å²) in [6, 6.07) is 10.2. The second-order valence-corrected chi connectivity index (χ2v) is 5.51. The van der Waals surface area contributed by atoms with E-state index in [9.17, 15) is 0 Å². The third kappa shape index (κ3) is 3.80. The lowest BCUT2D eigenvalue weighted by atomic mass is 10.2. The molecule has 0 fully saturated rings. The van der Waals surface area contributed by atoms with Crippen molar-refractivity contribution in [3.63, 3.8) is 0 Å². The molecule has 0 radical (unpaired) electrons. The zero-order chi connectivity index (χ0) is 16.8. The molecule has 2 N–H and O–H groups in total. The predicted octanol–water partition coefficient (Wildman–Crippen LogP) is 2.42. The second-order valence-electron chi connectivity index (χ2n) is 5.51. The molecule has 0 saturated carbocycles. The maximum Gasteiger partial charge on any atom is 0.226 e. The Labute approximate surface area is 141 Å². The summed E-state index contributed by atoms with van der Waals surface area (Å²) >= 11 is 0. The van der Waals surface area contributed by atoms with Crippen molar-refractivity contribution in [2.45, 2.75) is 13.0 Å². The van der Waals surface area contributed by atoms with Gasteiger partial charge < -0.3 is 15.4 Å². The van der Waals surface area contributed by atoms with E-state index in [1.165, 1.54) is 5.56 Å². The van der Waals surface area contributed by atoms with Crippen molar-refractivity contribution in [1.29, 1.82) is 0 Å². The molecule has 0 aliphatic carbocycles. The number of aromatic nitrogens is 4. The minimum absolute atomic E-state index is 0.595. The fraction of sp³-hybridized carbons (Fsp3) is 0.353. The Morgan fingerprint density at radius 3 is 2.75 bits per heavy atom. The Balaban J connectivity index is 1.79. The van der Waals surface area contributed by atoms with E-state index in [1.807, 2.05) is 25.2 Å². The lowest BCUT2D eigenvalue weighted by Gasteiger charge is -2.10. The Bertz CT molecular complexity index is 786. The molecule has 0 saturated heterocycles. The van der Waals surface area contributed by atoms with Gasteiger partial charge in [-0.1, -0.05) is 30.3 Å². The van der Waals surface area contributed by atoms with Gasteiger partial charge in [0.05, 0.1) is 11.6 Å². The monoisotopic (exact) mass is 326 g/mol. The predicted molar refractivity (Wildman–Crippen MR) is 95.1 cm³/mol. The van der Waals surface area contributed by atoms with E-state index < -0.39 is 0 Å². The molecular formula is C17H22N6O. The first kappa shape index (κ1) is 16.2. The summed E-state index contributed by atoms with van der Waals surface area (Å²) in [5.74, 6) is 1.38. The standard InChI is InChI=1S/C17H22N6O/c1-23-16-14(12-20-23)15(19-11-13-7-4-3-5-8-13)21-17(22-16)18-9-6-10-24-2/h3-5,7-8,12H,6,9-11H2,1-2H3,(H2,18,19,21,22). The number of methoxy groups -OCH3 is 1. The van der Waals surface area contributed by atoms with E-state index in [1.54, 1.807) is 18.0 Å². The molecule has 0 atom stereocenters. The van der Waals surface area contributed by atoms with Gasteiger partial charge in [-0.2, -0.15) is 15.1 Å². The zero-order valence-electron chi connectivity index (χ0n) is 14.0. The van der Waals surface area contributed by atoms with Crippen LogP contribution in [0.15, 0.2) is 36.5 Å². The fourth-order valence-corrected chi connectivity index (χ4v) is 2.43. The number of nitrogens with zero attached hydrogens (tertiary/aromatic N) is 4. The fourth-order valence-electron chi connectivity index (χ4n) is 2.43. The highest BCUT2D eigenvalue weighted by molar-refractivity contribution is 5.87. The van der Waals surface area contributed by atoms with Crippen LogP contribution < -0.4 is 10.6 Å². The molecular weight excluding hydrogens is 304 g/mol. The summed E-state index contributed by atoms with van der Waals surface area (Å²) in [4.78, 5) is 9.14. The van der Waals surface area contributed by atoms with Crippen molar-refractivity contribution in [3.8, 4) is 0 Å². The van der Waals surface area contributed by atoms with E-state index in [-0.39, 0.29) is 0 Å². The molecule has 0 unspecified atom stereocenters. The topological polar surface area (TPSA) is 76.9 Å². The zero-order valence-corrected chi connectivity index (χ0v) is 14.0. The van der Waals surface area contributed by atoms with Crippen LogP contribution in [0.5, 0.6) is 0 Å². The number of nitrogens with one attached hydrogen (secondary N) is 2. The number of ether oxygens (including phenoxy) is 1. The number of aryl methyl sites for hydroxylation is 1. The van der Waals surface area contributed by atoms with E-state index in [0.29, 0.717) is 19.1 Å². The van der Waals surface area contributed by atoms with E-state index in [0.717, 1.165) is 29.8 Å². The lowest BCUT2D eigenvalue weighted by Crippen LogP contribution is -2.10. The molecule has 1 aromatic carbocycles. The number of anilines is 2. The van der Waals surface area contributed by atoms with Gasteiger partial charge >= 0.3 is 0 Å². The average Bonchev–Trinajstić information content (AvgIpc) is 2.99. The van der Waals surface area contributed by atoms with Gasteiger partial charge in [-0.15, -0.1) is 0 Å². The highest BCUT2D eigenvalue weighted by Crippen LogP contribution is 2.22. The molecule has 2 aromatic heterocycles. The molecule has 24 heavy (non-hydrogen) atoms. The maximum atomic E-state index is 5.06. The van der Waals surface area contributed by atoms with Gasteiger partial charge in [0, 0.05) is 33.9 Å². The molecule has 0 amide bonds. The van der Waals surface area contributed by atoms with Crippen LogP contribution in [0, 0.1) is 0 Å². The van der Waals surface area contributed by atoms with E-state index >= 15 is 0 Å². The van der Waals surface area contributed by atoms with Crippen molar-refractivity contribution < 1.29 is 4.74 Å². The molecule has 0 bridgehead atoms. The van der Waals surface area contributed by atoms with Crippen molar-refractivity contribution in [1.82, 2.24) is 19.7 Å². The SMILES string of the molecule is COCCCNc1nc(NCc2ccccc2)c2cnn(C)c2n1. The highest BCUT2D eigenvalue weighted by Gasteiger charge is 2.11. The summed E-state index contributed by atoms with van der Waals surface area (Å²) in [6.45, 7) is 2.17. The van der Waals surface area contributed by atoms with Crippen LogP contribution in [0.25, 0.3) is 11.0 Å². The number of benzene rings is 1. The van der Waals surface area contributed by atoms with Gasteiger partial charge in [-0.25, -0.2) is 0 Å². The molecule has 7 heteroatoms. The summed E-state index contributed by atoms with van der Waals surface area (Å²) in [5, 5.41) is 11.8. The van der Waals surface area contributed by atoms with Gasteiger partial charge in [0.15, 0.2) is 5.65 Å². The number of hydrogen-bond donors (Lipinski definition) is 2. The third-order valence-corrected chi connectivity index (χ3v) is 3.70. The van der Waals surface area contributed by atoms with Gasteiger partial charge in [-0.05, 0) is 12.0 Å². The lowest BCUT2D eigenvalue weighted by molar-refractivity contribution is 0.197. The van der Waals surface area contributed by atoms with Gasteiger partial charge in [-0.3, -0.25) is 4.68 Å². The van der Waals surface area contributed by atoms with Crippen molar-refractivity contribution >= 4 is 22.8 Å². The summed E-state index contributed by atoms with van der Waals surface area (Å²) in [5.41, 5.74) is 2.00. The Hall–Kier alpha value is -2.67. The maximum absolute atomic E-state index is 5.06. The van der Waals surface area contributed by atoms with Crippen LogP contribution in [-0.4, -0.2) is 40.0 Å². The summed E-state index contributed by atoms with van der Waals surface area (Å²) in [6.07, 6.45) is 2.69. The minimum Gasteiger partial charge on any atom is -0.385 e. The van der Waals surface area contributed by atoms with Crippen LogP contribution in [0.2, 0.25) is 0 Å². The molecule has 3 rings (SSSR count). The summed E-state index contributed by atoms with van der Waals surface area (Å²) in [7, 11) is 3.58. The first-order valence-electron chi connectivity index (χ1n) is 7.98. The highest BCUT2D eigenvalue weighted by atomic mass is 16.5. The van der Waals surface area contributed by atoms with Crippen LogP contribution in [0.1, 0.15) is 12.0 Å². The van der Waals surface area contributed by atoms with Crippen LogP contribution in [0.4, 0.5) is 11.8 Å². The average molecular weight is 326 g/mol. The Morgan fingerprint density at radius 1 is 1.12 bits per heavy atom. The van der Waals surface area contributed by atoms with Crippen LogP contribution >= 0.6 is 0 Å². The van der Waals surface area contributed by atoms with Gasteiger partial charge in [0.1, 0.15) is 5.82 Å². The number of rotatable bonds is 8. The van der Waals surface area contributed by atoms with Gasteiger partial charge in [0.25, 0.3) is 0 Å². The Morgan fingerprint density at radius 2 is 1.96 bits per heavy atom. The molecule has 126 valence electrons. The van der Waals surface area contributed by atoms with Crippen LogP contribution in [-0.2, 0) is 18.3 Å². The first-order valence-corrected chi connectivity index (χ1v) is 7.98. The van der Waals surface area contributed by atoms with Crippen molar-refractivity contribution in [2.75, 3.05) is 30.9 Å². The van der Waals surface area contributed by atoms with Gasteiger partial charge in [0.2, 0.25) is 5.95 Å². The number of fused-ring (bicyclic) bond motifs is 1. The molecule has 3 aromatic rings.